The number of hydrogen-bond acceptors (Lipinski definition) is 3. The van der Waals surface area contributed by atoms with Crippen molar-refractivity contribution in [3.63, 3.8) is 0 Å². The molecule has 220 valence electrons. The van der Waals surface area contributed by atoms with E-state index >= 15 is 0 Å². The lowest BCUT2D eigenvalue weighted by Crippen LogP contribution is -1.92. The van der Waals surface area contributed by atoms with Gasteiger partial charge in [0.1, 0.15) is 11.2 Å². The summed E-state index contributed by atoms with van der Waals surface area (Å²) < 4.78 is 6.89. The second-order valence-electron chi connectivity index (χ2n) is 11.8. The Morgan fingerprint density at radius 3 is 1.85 bits per heavy atom. The highest BCUT2D eigenvalue weighted by atomic mass is 16.3. The Labute approximate surface area is 272 Å². The van der Waals surface area contributed by atoms with Gasteiger partial charge in [0.05, 0.1) is 16.9 Å². The van der Waals surface area contributed by atoms with Crippen molar-refractivity contribution in [2.45, 2.75) is 0 Å². The number of aromatic nitrogens is 1. The van der Waals surface area contributed by atoms with E-state index in [0.29, 0.717) is 0 Å². The van der Waals surface area contributed by atoms with E-state index in [4.69, 9.17) is 14.4 Å². The number of furan rings is 1. The van der Waals surface area contributed by atoms with Crippen LogP contribution in [0.5, 0.6) is 0 Å². The minimum Gasteiger partial charge on any atom is -0.455 e. The van der Waals surface area contributed by atoms with Gasteiger partial charge in [0.25, 0.3) is 0 Å². The first-order valence-corrected chi connectivity index (χ1v) is 15.8. The predicted octanol–water partition coefficient (Wildman–Crippen LogP) is 12.0. The third-order valence-corrected chi connectivity index (χ3v) is 8.91. The fraction of sp³-hybridized carbons (Fsp3) is 0. The summed E-state index contributed by atoms with van der Waals surface area (Å²) in [4.78, 5) is 10.3. The zero-order chi connectivity index (χ0) is 31.2. The van der Waals surface area contributed by atoms with Gasteiger partial charge in [0, 0.05) is 44.4 Å². The van der Waals surface area contributed by atoms with Gasteiger partial charge < -0.3 is 4.42 Å². The third kappa shape index (κ3) is 4.68. The van der Waals surface area contributed by atoms with E-state index in [9.17, 15) is 0 Å². The van der Waals surface area contributed by atoms with Gasteiger partial charge in [-0.1, -0.05) is 140 Å². The van der Waals surface area contributed by atoms with E-state index in [2.05, 4.69) is 140 Å². The average molecular weight is 601 g/mol. The van der Waals surface area contributed by atoms with Crippen molar-refractivity contribution in [1.82, 2.24) is 4.98 Å². The lowest BCUT2D eigenvalue weighted by atomic mass is 9.96. The smallest absolute Gasteiger partial charge is 0.144 e. The maximum absolute atomic E-state index is 6.89. The molecule has 0 N–H and O–H groups in total. The maximum atomic E-state index is 6.89. The molecule has 47 heavy (non-hydrogen) atoms. The molecule has 2 heterocycles. The Hall–Kier alpha value is -6.32. The van der Waals surface area contributed by atoms with Crippen molar-refractivity contribution in [1.29, 1.82) is 0 Å². The van der Waals surface area contributed by atoms with Crippen LogP contribution in [-0.2, 0) is 0 Å². The molecule has 7 aromatic carbocycles. The number of aliphatic imine (C=N–C) groups is 1. The van der Waals surface area contributed by atoms with E-state index in [-0.39, 0.29) is 0 Å². The van der Waals surface area contributed by atoms with E-state index in [0.717, 1.165) is 88.4 Å². The molecule has 0 saturated carbocycles. The number of para-hydroxylation sites is 3. The first-order valence-electron chi connectivity index (χ1n) is 15.8. The first-order chi connectivity index (χ1) is 23.3. The van der Waals surface area contributed by atoms with Gasteiger partial charge in [-0.3, -0.25) is 4.99 Å². The molecular weight excluding hydrogens is 572 g/mol. The van der Waals surface area contributed by atoms with Crippen molar-refractivity contribution in [3.05, 3.63) is 169 Å². The molecule has 9 rings (SSSR count). The summed E-state index contributed by atoms with van der Waals surface area (Å²) in [6.45, 7) is 0. The van der Waals surface area contributed by atoms with Gasteiger partial charge in [-0.2, -0.15) is 0 Å². The summed E-state index contributed by atoms with van der Waals surface area (Å²) in [5.74, 6) is 0. The molecule has 0 bridgehead atoms. The van der Waals surface area contributed by atoms with Crippen LogP contribution in [0, 0.1) is 0 Å². The Morgan fingerprint density at radius 2 is 1.04 bits per heavy atom. The van der Waals surface area contributed by atoms with Crippen LogP contribution >= 0.6 is 0 Å². The molecular formula is C44H28N2O. The number of fused-ring (bicyclic) bond motifs is 6. The van der Waals surface area contributed by atoms with Crippen molar-refractivity contribution in [2.24, 2.45) is 4.99 Å². The van der Waals surface area contributed by atoms with Crippen LogP contribution in [-0.4, -0.2) is 11.2 Å². The Bertz CT molecular complexity index is 2620. The monoisotopic (exact) mass is 600 g/mol. The third-order valence-electron chi connectivity index (χ3n) is 8.91. The summed E-state index contributed by atoms with van der Waals surface area (Å²) in [5, 5.41) is 5.48. The summed E-state index contributed by atoms with van der Waals surface area (Å²) >= 11 is 0. The van der Waals surface area contributed by atoms with Crippen LogP contribution < -0.4 is 0 Å². The van der Waals surface area contributed by atoms with Crippen molar-refractivity contribution in [2.75, 3.05) is 0 Å². The highest BCUT2D eigenvalue weighted by Gasteiger charge is 2.20. The van der Waals surface area contributed by atoms with Gasteiger partial charge in [-0.15, -0.1) is 0 Å². The Kier molecular flexibility index (Phi) is 6.46. The normalized spacial score (nSPS) is 11.7. The molecule has 0 saturated heterocycles. The highest BCUT2D eigenvalue weighted by Crippen LogP contribution is 2.42. The van der Waals surface area contributed by atoms with Crippen molar-refractivity contribution in [3.8, 4) is 33.5 Å². The molecule has 0 atom stereocenters. The molecule has 0 fully saturated rings. The van der Waals surface area contributed by atoms with E-state index < -0.39 is 0 Å². The SMILES string of the molecule is C(=N\c1ccccc1-c1ccccc1)/c1cc(-c2nc3ccccc3c3ccccc23)c2oc3c(-c4ccccc4)cccc3c2c1. The van der Waals surface area contributed by atoms with E-state index in [1.165, 1.54) is 0 Å². The fourth-order valence-electron chi connectivity index (χ4n) is 6.72. The molecule has 2 aromatic heterocycles. The van der Waals surface area contributed by atoms with Gasteiger partial charge in [0.2, 0.25) is 0 Å². The molecule has 0 spiro atoms. The number of rotatable bonds is 5. The Balaban J connectivity index is 1.32. The van der Waals surface area contributed by atoms with Crippen LogP contribution in [0.1, 0.15) is 5.56 Å². The van der Waals surface area contributed by atoms with E-state index in [1.54, 1.807) is 0 Å². The maximum Gasteiger partial charge on any atom is 0.144 e. The number of nitrogens with zero attached hydrogens (tertiary/aromatic N) is 2. The van der Waals surface area contributed by atoms with Gasteiger partial charge >= 0.3 is 0 Å². The molecule has 0 amide bonds. The molecule has 3 heteroatoms. The summed E-state index contributed by atoms with van der Waals surface area (Å²) in [7, 11) is 0. The molecule has 3 nitrogen and oxygen atoms in total. The zero-order valence-corrected chi connectivity index (χ0v) is 25.5. The largest absolute Gasteiger partial charge is 0.455 e. The molecule has 0 aliphatic heterocycles. The van der Waals surface area contributed by atoms with Crippen LogP contribution in [0.15, 0.2) is 173 Å². The zero-order valence-electron chi connectivity index (χ0n) is 25.5. The molecule has 9 aromatic rings. The van der Waals surface area contributed by atoms with Crippen LogP contribution in [0.2, 0.25) is 0 Å². The average Bonchev–Trinajstić information content (AvgIpc) is 3.53. The van der Waals surface area contributed by atoms with Crippen LogP contribution in [0.25, 0.3) is 77.1 Å². The molecule has 0 aliphatic rings. The summed E-state index contributed by atoms with van der Waals surface area (Å²) in [6.07, 6.45) is 1.97. The summed E-state index contributed by atoms with van der Waals surface area (Å²) in [5.41, 5.74) is 10.8. The van der Waals surface area contributed by atoms with E-state index in [1.807, 2.05) is 30.5 Å². The quantitative estimate of drug-likeness (QED) is 0.146. The van der Waals surface area contributed by atoms with Gasteiger partial charge in [-0.25, -0.2) is 4.98 Å². The van der Waals surface area contributed by atoms with Gasteiger partial charge in [0.15, 0.2) is 0 Å². The topological polar surface area (TPSA) is 38.4 Å². The van der Waals surface area contributed by atoms with Crippen LogP contribution in [0.4, 0.5) is 5.69 Å². The Morgan fingerprint density at radius 1 is 0.447 bits per heavy atom. The lowest BCUT2D eigenvalue weighted by molar-refractivity contribution is 0.671. The minimum absolute atomic E-state index is 0.818. The second-order valence-corrected chi connectivity index (χ2v) is 11.8. The summed E-state index contributed by atoms with van der Waals surface area (Å²) in [6, 6.07) is 56.7. The van der Waals surface area contributed by atoms with Gasteiger partial charge in [-0.05, 0) is 46.3 Å². The van der Waals surface area contributed by atoms with Crippen molar-refractivity contribution >= 4 is 55.5 Å². The number of benzene rings is 7. The minimum atomic E-state index is 0.818. The molecule has 0 aliphatic carbocycles. The number of hydrogen-bond donors (Lipinski definition) is 0. The molecule has 0 radical (unpaired) electrons. The first kappa shape index (κ1) is 27.0. The molecule has 0 unspecified atom stereocenters. The second kappa shape index (κ2) is 11.2. The predicted molar refractivity (Wildman–Crippen MR) is 197 cm³/mol. The number of pyridine rings is 1. The highest BCUT2D eigenvalue weighted by molar-refractivity contribution is 6.18. The van der Waals surface area contributed by atoms with Crippen molar-refractivity contribution < 1.29 is 4.42 Å². The standard InChI is InChI=1S/C44H28N2O/c1-3-14-30(15-4-1)32-18-9-11-24-40(32)45-28-29-26-38-37-23-13-22-33(31-16-5-2-6-17-31)43(37)47-44(38)39(27-29)42-36-21-8-7-19-34(36)35-20-10-12-25-41(35)46-42/h1-28H/b45-28+. The fourth-order valence-corrected chi connectivity index (χ4v) is 6.72. The lowest BCUT2D eigenvalue weighted by Gasteiger charge is -2.11. The van der Waals surface area contributed by atoms with Crippen LogP contribution in [0.3, 0.4) is 0 Å².